The quantitative estimate of drug-likeness (QED) is 0.263. The molecule has 0 heterocycles. The third-order valence-corrected chi connectivity index (χ3v) is 4.96. The van der Waals surface area contributed by atoms with Crippen molar-refractivity contribution in [2.45, 2.75) is 36.6 Å². The van der Waals surface area contributed by atoms with Crippen LogP contribution in [0.4, 0.5) is 11.4 Å². The normalized spacial score (nSPS) is 12.2. The van der Waals surface area contributed by atoms with Crippen molar-refractivity contribution in [2.75, 3.05) is 19.5 Å². The molecule has 2 N–H and O–H groups in total. The van der Waals surface area contributed by atoms with E-state index in [4.69, 9.17) is 9.47 Å². The summed E-state index contributed by atoms with van der Waals surface area (Å²) < 4.78 is 9.91. The number of carbonyl (C=O) groups excluding carboxylic acids is 2. The van der Waals surface area contributed by atoms with Gasteiger partial charge in [0.25, 0.3) is 0 Å². The van der Waals surface area contributed by atoms with Crippen LogP contribution in [0.1, 0.15) is 13.8 Å². The van der Waals surface area contributed by atoms with E-state index in [2.05, 4.69) is 10.6 Å². The van der Waals surface area contributed by atoms with E-state index in [1.54, 1.807) is 13.8 Å². The number of nitro benzene ring substituents is 1. The van der Waals surface area contributed by atoms with Crippen molar-refractivity contribution in [3.8, 4) is 5.75 Å². The van der Waals surface area contributed by atoms with Crippen LogP contribution in [-0.4, -0.2) is 57.6 Å². The second kappa shape index (κ2) is 9.51. The molecule has 0 saturated heterocycles. The fraction of sp³-hybridized carbons (Fsp3) is 0.500. The predicted molar refractivity (Wildman–Crippen MR) is 97.7 cm³/mol. The van der Waals surface area contributed by atoms with Crippen LogP contribution in [0.15, 0.2) is 18.2 Å². The van der Waals surface area contributed by atoms with Crippen molar-refractivity contribution in [1.29, 1.82) is 0 Å². The number of benzene rings is 1. The van der Waals surface area contributed by atoms with Gasteiger partial charge in [0.05, 0.1) is 0 Å². The molecule has 0 aliphatic heterocycles. The van der Waals surface area contributed by atoms with Gasteiger partial charge in [-0.2, -0.15) is 0 Å². The maximum atomic E-state index is 12.7. The summed E-state index contributed by atoms with van der Waals surface area (Å²) in [7, 11) is 2.69. The van der Waals surface area contributed by atoms with Crippen LogP contribution in [0.5, 0.6) is 5.75 Å². The monoisotopic (exact) mass is 433 g/mol. The van der Waals surface area contributed by atoms with Crippen molar-refractivity contribution >= 4 is 38.2 Å². The molecule has 10 heteroatoms. The summed E-state index contributed by atoms with van der Waals surface area (Å²) in [6.07, 6.45) is 0. The Morgan fingerprint density at radius 3 is 2.50 bits per heavy atom. The molecular formula is C16H23N3O6Se. The topological polar surface area (TPSA) is 120 Å². The van der Waals surface area contributed by atoms with Gasteiger partial charge in [-0.15, -0.1) is 0 Å². The van der Waals surface area contributed by atoms with Gasteiger partial charge in [-0.25, -0.2) is 0 Å². The molecule has 0 aliphatic rings. The Labute approximate surface area is 158 Å². The van der Waals surface area contributed by atoms with Gasteiger partial charge in [0, 0.05) is 0 Å². The molecule has 0 bridgehead atoms. The van der Waals surface area contributed by atoms with E-state index in [1.807, 2.05) is 5.82 Å². The first-order valence-corrected chi connectivity index (χ1v) is 10.6. The Balaban J connectivity index is 3.02. The Kier molecular flexibility index (Phi) is 8.01. The van der Waals surface area contributed by atoms with Gasteiger partial charge >= 0.3 is 158 Å². The molecule has 0 saturated carbocycles. The van der Waals surface area contributed by atoms with Crippen LogP contribution in [0.2, 0.25) is 11.1 Å². The summed E-state index contributed by atoms with van der Waals surface area (Å²) in [5, 5.41) is 17.1. The second-order valence-corrected chi connectivity index (χ2v) is 7.81. The number of hydrogen-bond donors (Lipinski definition) is 2. The fourth-order valence-electron chi connectivity index (χ4n) is 2.16. The number of ether oxygens (including phenoxy) is 2. The fourth-order valence-corrected chi connectivity index (χ4v) is 3.32. The summed E-state index contributed by atoms with van der Waals surface area (Å²) in [4.78, 5) is 35.0. The Bertz CT molecular complexity index is 680. The third-order valence-electron chi connectivity index (χ3n) is 3.56. The first kappa shape index (κ1) is 21.9. The van der Waals surface area contributed by atoms with Gasteiger partial charge in [0.2, 0.25) is 0 Å². The molecular weight excluding hydrogens is 409 g/mol. The van der Waals surface area contributed by atoms with Crippen LogP contribution in [0, 0.1) is 10.1 Å². The van der Waals surface area contributed by atoms with Crippen molar-refractivity contribution < 1.29 is 24.0 Å². The summed E-state index contributed by atoms with van der Waals surface area (Å²) in [6, 6.07) is 3.30. The standard InChI is InChI=1S/C16H23N3O6Se/c1-16(2,18-12(9-26-5)14(20)25-4)15(21)17-11-8-10(19(22)23)6-7-13(11)24-3/h6-8,12,18H,9H2,1-5H3,(H,17,21)/t12-/m1/s1. The van der Waals surface area contributed by atoms with E-state index in [9.17, 15) is 19.7 Å². The number of hydrogen-bond acceptors (Lipinski definition) is 7. The Morgan fingerprint density at radius 1 is 1.35 bits per heavy atom. The molecule has 0 radical (unpaired) electrons. The van der Waals surface area contributed by atoms with E-state index < -0.39 is 28.4 Å². The van der Waals surface area contributed by atoms with Crippen molar-refractivity contribution in [2.24, 2.45) is 0 Å². The van der Waals surface area contributed by atoms with Gasteiger partial charge in [-0.05, 0) is 0 Å². The zero-order valence-corrected chi connectivity index (χ0v) is 17.0. The summed E-state index contributed by atoms with van der Waals surface area (Å²) in [5.41, 5.74) is -1.12. The molecule has 1 aromatic carbocycles. The first-order chi connectivity index (χ1) is 12.2. The zero-order chi connectivity index (χ0) is 19.9. The molecule has 0 spiro atoms. The molecule has 26 heavy (non-hydrogen) atoms. The maximum absolute atomic E-state index is 12.7. The Morgan fingerprint density at radius 2 is 2.00 bits per heavy atom. The van der Waals surface area contributed by atoms with Crippen LogP contribution < -0.4 is 15.4 Å². The van der Waals surface area contributed by atoms with Gasteiger partial charge in [-0.3, -0.25) is 0 Å². The number of amides is 1. The number of anilines is 1. The van der Waals surface area contributed by atoms with E-state index in [0.717, 1.165) is 0 Å². The number of carbonyl (C=O) groups is 2. The third kappa shape index (κ3) is 5.69. The number of non-ortho nitro benzene ring substituents is 1. The number of nitro groups is 1. The van der Waals surface area contributed by atoms with Gasteiger partial charge in [-0.1, -0.05) is 0 Å². The minimum atomic E-state index is -1.13. The summed E-state index contributed by atoms with van der Waals surface area (Å²) >= 11 is 0.196. The van der Waals surface area contributed by atoms with E-state index in [0.29, 0.717) is 11.1 Å². The summed E-state index contributed by atoms with van der Waals surface area (Å²) in [6.45, 7) is 3.23. The average Bonchev–Trinajstić information content (AvgIpc) is 2.60. The van der Waals surface area contributed by atoms with Crippen molar-refractivity contribution in [1.82, 2.24) is 5.32 Å². The Hall–Kier alpha value is -2.16. The number of nitrogens with zero attached hydrogens (tertiary/aromatic N) is 1. The average molecular weight is 432 g/mol. The SMILES string of the molecule is COC(=O)[C@@H](C[Se]C)NC(C)(C)C(=O)Nc1cc([N+](=O)[O-])ccc1OC. The van der Waals surface area contributed by atoms with Gasteiger partial charge < -0.3 is 0 Å². The molecule has 1 aromatic rings. The van der Waals surface area contributed by atoms with E-state index in [1.165, 1.54) is 32.4 Å². The molecule has 0 unspecified atom stereocenters. The van der Waals surface area contributed by atoms with Crippen LogP contribution in [-0.2, 0) is 14.3 Å². The molecule has 0 aromatic heterocycles. The number of methoxy groups -OCH3 is 2. The molecule has 144 valence electrons. The molecule has 0 aliphatic carbocycles. The molecule has 9 nitrogen and oxygen atoms in total. The second-order valence-electron chi connectivity index (χ2n) is 5.90. The zero-order valence-electron chi connectivity index (χ0n) is 15.3. The van der Waals surface area contributed by atoms with Crippen molar-refractivity contribution in [3.63, 3.8) is 0 Å². The van der Waals surface area contributed by atoms with Crippen LogP contribution in [0.25, 0.3) is 0 Å². The van der Waals surface area contributed by atoms with Crippen molar-refractivity contribution in [3.05, 3.63) is 28.3 Å². The number of rotatable bonds is 9. The number of esters is 1. The van der Waals surface area contributed by atoms with Crippen LogP contribution in [0.3, 0.4) is 0 Å². The molecule has 1 atom stereocenters. The van der Waals surface area contributed by atoms with Gasteiger partial charge in [0.15, 0.2) is 0 Å². The first-order valence-electron chi connectivity index (χ1n) is 7.64. The van der Waals surface area contributed by atoms with E-state index >= 15 is 0 Å². The number of nitrogens with one attached hydrogen (secondary N) is 2. The van der Waals surface area contributed by atoms with E-state index in [-0.39, 0.29) is 26.3 Å². The molecule has 1 amide bonds. The molecule has 0 fully saturated rings. The predicted octanol–water partition coefficient (Wildman–Crippen LogP) is 1.62. The minimum absolute atomic E-state index is 0.173. The summed E-state index contributed by atoms with van der Waals surface area (Å²) in [5.74, 6) is 1.36. The molecule has 1 rings (SSSR count). The van der Waals surface area contributed by atoms with Crippen LogP contribution >= 0.6 is 0 Å². The van der Waals surface area contributed by atoms with Gasteiger partial charge in [0.1, 0.15) is 0 Å².